The molecule has 0 saturated heterocycles. The van der Waals surface area contributed by atoms with E-state index in [4.69, 9.17) is 4.98 Å². The molecule has 3 heteroatoms. The first-order valence-electron chi connectivity index (χ1n) is 7.51. The average molecular weight is 257 g/mol. The lowest BCUT2D eigenvalue weighted by molar-refractivity contribution is 0.415. The molecule has 1 aliphatic carbocycles. The number of fused-ring (bicyclic) bond motifs is 1. The van der Waals surface area contributed by atoms with Crippen LogP contribution in [0.4, 0.5) is 0 Å². The summed E-state index contributed by atoms with van der Waals surface area (Å²) in [5.74, 6) is 2.08. The smallest absolute Gasteiger partial charge is 0.109 e. The summed E-state index contributed by atoms with van der Waals surface area (Å²) in [6.07, 6.45) is 3.76. The van der Waals surface area contributed by atoms with Gasteiger partial charge in [-0.1, -0.05) is 26.0 Å². The Balaban J connectivity index is 1.93. The van der Waals surface area contributed by atoms with E-state index in [0.29, 0.717) is 6.04 Å². The van der Waals surface area contributed by atoms with Crippen LogP contribution in [0.5, 0.6) is 0 Å². The van der Waals surface area contributed by atoms with Gasteiger partial charge in [0.2, 0.25) is 0 Å². The summed E-state index contributed by atoms with van der Waals surface area (Å²) < 4.78 is 2.42. The molecule has 3 nitrogen and oxygen atoms in total. The number of aryl methyl sites for hydroxylation is 1. The highest BCUT2D eigenvalue weighted by Gasteiger charge is 2.31. The number of nitrogens with zero attached hydrogens (tertiary/aromatic N) is 2. The monoisotopic (exact) mass is 257 g/mol. The Morgan fingerprint density at radius 2 is 2.11 bits per heavy atom. The molecule has 0 bridgehead atoms. The van der Waals surface area contributed by atoms with E-state index in [1.807, 2.05) is 0 Å². The van der Waals surface area contributed by atoms with Crippen molar-refractivity contribution in [3.63, 3.8) is 0 Å². The molecule has 2 aromatic rings. The van der Waals surface area contributed by atoms with Gasteiger partial charge in [0.05, 0.1) is 11.0 Å². The van der Waals surface area contributed by atoms with Crippen LogP contribution in [0, 0.1) is 5.92 Å². The third-order valence-corrected chi connectivity index (χ3v) is 4.09. The van der Waals surface area contributed by atoms with Crippen molar-refractivity contribution in [3.05, 3.63) is 30.1 Å². The fraction of sp³-hybridized carbons (Fsp3) is 0.562. The van der Waals surface area contributed by atoms with Crippen LogP contribution in [0.1, 0.15) is 32.5 Å². The van der Waals surface area contributed by atoms with Crippen molar-refractivity contribution in [1.29, 1.82) is 0 Å². The van der Waals surface area contributed by atoms with Gasteiger partial charge in [0.25, 0.3) is 0 Å². The van der Waals surface area contributed by atoms with E-state index < -0.39 is 0 Å². The van der Waals surface area contributed by atoms with Gasteiger partial charge in [-0.05, 0) is 37.4 Å². The number of rotatable bonds is 6. The zero-order chi connectivity index (χ0) is 13.2. The topological polar surface area (TPSA) is 29.9 Å². The molecule has 1 atom stereocenters. The number of likely N-dealkylation sites (N-methyl/N-ethyl adjacent to an activating group) is 1. The number of imidazole rings is 1. The van der Waals surface area contributed by atoms with E-state index in [0.717, 1.165) is 30.9 Å². The summed E-state index contributed by atoms with van der Waals surface area (Å²) in [6.45, 7) is 6.50. The van der Waals surface area contributed by atoms with Gasteiger partial charge in [0, 0.05) is 19.0 Å². The van der Waals surface area contributed by atoms with Crippen LogP contribution in [0.2, 0.25) is 0 Å². The molecule has 1 fully saturated rings. The molecule has 1 saturated carbocycles. The van der Waals surface area contributed by atoms with Crippen molar-refractivity contribution in [2.45, 2.75) is 45.7 Å². The van der Waals surface area contributed by atoms with Crippen LogP contribution in [0.3, 0.4) is 0 Å². The van der Waals surface area contributed by atoms with E-state index in [-0.39, 0.29) is 0 Å². The van der Waals surface area contributed by atoms with E-state index in [9.17, 15) is 0 Å². The summed E-state index contributed by atoms with van der Waals surface area (Å²) in [7, 11) is 0. The second-order valence-electron chi connectivity index (χ2n) is 5.48. The summed E-state index contributed by atoms with van der Waals surface area (Å²) in [6, 6.07) is 9.09. The maximum absolute atomic E-state index is 4.76. The van der Waals surface area contributed by atoms with Crippen molar-refractivity contribution in [3.8, 4) is 0 Å². The van der Waals surface area contributed by atoms with Crippen molar-refractivity contribution < 1.29 is 0 Å². The molecule has 0 amide bonds. The Hall–Kier alpha value is -1.35. The Morgan fingerprint density at radius 1 is 1.32 bits per heavy atom. The lowest BCUT2D eigenvalue weighted by Crippen LogP contribution is -2.35. The normalized spacial score (nSPS) is 16.9. The fourth-order valence-electron chi connectivity index (χ4n) is 2.94. The molecule has 0 spiro atoms. The summed E-state index contributed by atoms with van der Waals surface area (Å²) in [5.41, 5.74) is 2.41. The molecule has 1 N–H and O–H groups in total. The molecule has 1 aromatic carbocycles. The van der Waals surface area contributed by atoms with E-state index in [1.54, 1.807) is 0 Å². The van der Waals surface area contributed by atoms with Crippen LogP contribution < -0.4 is 5.32 Å². The fourth-order valence-corrected chi connectivity index (χ4v) is 2.94. The number of para-hydroxylation sites is 2. The van der Waals surface area contributed by atoms with Gasteiger partial charge in [-0.3, -0.25) is 0 Å². The molecular formula is C16H23N3. The summed E-state index contributed by atoms with van der Waals surface area (Å²) in [4.78, 5) is 4.76. The minimum atomic E-state index is 0.605. The maximum atomic E-state index is 4.76. The van der Waals surface area contributed by atoms with Crippen LogP contribution in [-0.4, -0.2) is 22.1 Å². The largest absolute Gasteiger partial charge is 0.326 e. The lowest BCUT2D eigenvalue weighted by Gasteiger charge is -2.19. The minimum Gasteiger partial charge on any atom is -0.326 e. The second-order valence-corrected chi connectivity index (χ2v) is 5.48. The van der Waals surface area contributed by atoms with Crippen LogP contribution in [0.25, 0.3) is 11.0 Å². The van der Waals surface area contributed by atoms with Gasteiger partial charge >= 0.3 is 0 Å². The summed E-state index contributed by atoms with van der Waals surface area (Å²) in [5, 5.41) is 3.65. The van der Waals surface area contributed by atoms with Gasteiger partial charge in [-0.25, -0.2) is 4.98 Å². The number of nitrogens with one attached hydrogen (secondary N) is 1. The van der Waals surface area contributed by atoms with Crippen molar-refractivity contribution in [1.82, 2.24) is 14.9 Å². The first-order valence-corrected chi connectivity index (χ1v) is 7.51. The van der Waals surface area contributed by atoms with Gasteiger partial charge in [-0.2, -0.15) is 0 Å². The van der Waals surface area contributed by atoms with Gasteiger partial charge < -0.3 is 9.88 Å². The first kappa shape index (κ1) is 12.7. The molecule has 1 aliphatic rings. The third-order valence-electron chi connectivity index (χ3n) is 4.09. The number of hydrogen-bond acceptors (Lipinski definition) is 2. The standard InChI is InChI=1S/C16H23N3/c1-3-16-18-13-7-5-6-8-15(13)19(16)11-14(17-4-2)12-9-10-12/h5-8,12,14,17H,3-4,9-11H2,1-2H3. The zero-order valence-corrected chi connectivity index (χ0v) is 11.9. The Bertz CT molecular complexity index is 554. The second kappa shape index (κ2) is 5.33. The molecule has 1 aromatic heterocycles. The van der Waals surface area contributed by atoms with Gasteiger partial charge in [-0.15, -0.1) is 0 Å². The Kier molecular flexibility index (Phi) is 3.56. The molecule has 1 heterocycles. The molecule has 0 radical (unpaired) electrons. The van der Waals surface area contributed by atoms with Crippen molar-refractivity contribution in [2.75, 3.05) is 6.54 Å². The van der Waals surface area contributed by atoms with Crippen LogP contribution in [-0.2, 0) is 13.0 Å². The van der Waals surface area contributed by atoms with E-state index in [2.05, 4.69) is 48.0 Å². The third kappa shape index (κ3) is 2.52. The highest BCUT2D eigenvalue weighted by atomic mass is 15.1. The van der Waals surface area contributed by atoms with Crippen LogP contribution >= 0.6 is 0 Å². The molecule has 1 unspecified atom stereocenters. The maximum Gasteiger partial charge on any atom is 0.109 e. The quantitative estimate of drug-likeness (QED) is 0.862. The van der Waals surface area contributed by atoms with Crippen molar-refractivity contribution in [2.24, 2.45) is 5.92 Å². The van der Waals surface area contributed by atoms with Gasteiger partial charge in [0.1, 0.15) is 5.82 Å². The van der Waals surface area contributed by atoms with Crippen LogP contribution in [0.15, 0.2) is 24.3 Å². The highest BCUT2D eigenvalue weighted by Crippen LogP contribution is 2.34. The van der Waals surface area contributed by atoms with Gasteiger partial charge in [0.15, 0.2) is 0 Å². The Morgan fingerprint density at radius 3 is 2.79 bits per heavy atom. The lowest BCUT2D eigenvalue weighted by atomic mass is 10.1. The summed E-state index contributed by atoms with van der Waals surface area (Å²) >= 11 is 0. The molecule has 19 heavy (non-hydrogen) atoms. The average Bonchev–Trinajstić information content (AvgIpc) is 3.22. The zero-order valence-electron chi connectivity index (χ0n) is 11.9. The van der Waals surface area contributed by atoms with E-state index in [1.165, 1.54) is 24.2 Å². The number of hydrogen-bond donors (Lipinski definition) is 1. The molecule has 0 aliphatic heterocycles. The predicted octanol–water partition coefficient (Wildman–Crippen LogP) is 2.99. The predicted molar refractivity (Wildman–Crippen MR) is 79.3 cm³/mol. The molecule has 3 rings (SSSR count). The minimum absolute atomic E-state index is 0.605. The van der Waals surface area contributed by atoms with Crippen molar-refractivity contribution >= 4 is 11.0 Å². The highest BCUT2D eigenvalue weighted by molar-refractivity contribution is 5.75. The first-order chi connectivity index (χ1) is 9.33. The number of aromatic nitrogens is 2. The Labute approximate surface area is 115 Å². The van der Waals surface area contributed by atoms with E-state index >= 15 is 0 Å². The number of benzene rings is 1. The SMILES string of the molecule is CCNC(Cn1c(CC)nc2ccccc21)C1CC1. The molecular weight excluding hydrogens is 234 g/mol. The molecule has 102 valence electrons.